The Morgan fingerprint density at radius 3 is 2.57 bits per heavy atom. The Bertz CT molecular complexity index is 227. The number of hydrogen-bond donors (Lipinski definition) is 2. The molecule has 1 aliphatic heterocycles. The van der Waals surface area contributed by atoms with E-state index >= 15 is 0 Å². The molecule has 2 unspecified atom stereocenters. The zero-order valence-electron chi connectivity index (χ0n) is 8.22. The van der Waals surface area contributed by atoms with Crippen LogP contribution in [0.2, 0.25) is 0 Å². The summed E-state index contributed by atoms with van der Waals surface area (Å²) in [5.41, 5.74) is 0. The van der Waals surface area contributed by atoms with Gasteiger partial charge in [-0.25, -0.2) is 0 Å². The molecule has 1 heterocycles. The molecule has 0 aromatic heterocycles. The van der Waals surface area contributed by atoms with Crippen molar-refractivity contribution < 1.29 is 15.0 Å². The molecule has 0 aromatic rings. The van der Waals surface area contributed by atoms with Gasteiger partial charge < -0.3 is 10.2 Å². The van der Waals surface area contributed by atoms with Gasteiger partial charge in [-0.05, 0) is 38.1 Å². The lowest BCUT2D eigenvalue weighted by Gasteiger charge is -2.34. The van der Waals surface area contributed by atoms with E-state index in [0.29, 0.717) is 12.5 Å². The molecule has 0 radical (unpaired) electrons. The van der Waals surface area contributed by atoms with Crippen molar-refractivity contribution in [3.63, 3.8) is 0 Å². The van der Waals surface area contributed by atoms with Crippen LogP contribution in [0.15, 0.2) is 0 Å². The summed E-state index contributed by atoms with van der Waals surface area (Å²) in [5, 5.41) is 18.6. The standard InChI is InChI=1S/C10H17NO3/c12-8-2-1-5-11(6-8)9(10(13)14)7-3-4-7/h7-9,12H,1-6H2,(H,13,14). The number of carboxylic acids is 1. The van der Waals surface area contributed by atoms with Crippen LogP contribution < -0.4 is 0 Å². The molecule has 4 nitrogen and oxygen atoms in total. The first-order chi connectivity index (χ1) is 6.68. The smallest absolute Gasteiger partial charge is 0.321 e. The molecule has 2 fully saturated rings. The van der Waals surface area contributed by atoms with Crippen molar-refractivity contribution in [2.75, 3.05) is 13.1 Å². The lowest BCUT2D eigenvalue weighted by molar-refractivity contribution is -0.145. The fourth-order valence-corrected chi connectivity index (χ4v) is 2.30. The summed E-state index contributed by atoms with van der Waals surface area (Å²) in [4.78, 5) is 13.0. The SMILES string of the molecule is O=C(O)C(C1CC1)N1CCCC(O)C1. The predicted octanol–water partition coefficient (Wildman–Crippen LogP) is 0.306. The second-order valence-corrected chi connectivity index (χ2v) is 4.41. The summed E-state index contributed by atoms with van der Waals surface area (Å²) in [6.07, 6.45) is 3.46. The Morgan fingerprint density at radius 1 is 1.36 bits per heavy atom. The molecule has 2 aliphatic rings. The first-order valence-corrected chi connectivity index (χ1v) is 5.33. The molecule has 2 atom stereocenters. The largest absolute Gasteiger partial charge is 0.480 e. The van der Waals surface area contributed by atoms with Gasteiger partial charge in [0, 0.05) is 6.54 Å². The maximum atomic E-state index is 11.1. The Labute approximate surface area is 83.5 Å². The number of carbonyl (C=O) groups is 1. The highest BCUT2D eigenvalue weighted by atomic mass is 16.4. The van der Waals surface area contributed by atoms with Gasteiger partial charge in [-0.2, -0.15) is 0 Å². The summed E-state index contributed by atoms with van der Waals surface area (Å²) in [5.74, 6) is -0.389. The van der Waals surface area contributed by atoms with Crippen LogP contribution in [0, 0.1) is 5.92 Å². The van der Waals surface area contributed by atoms with Crippen molar-refractivity contribution in [1.82, 2.24) is 4.90 Å². The van der Waals surface area contributed by atoms with Crippen molar-refractivity contribution in [1.29, 1.82) is 0 Å². The van der Waals surface area contributed by atoms with E-state index in [1.54, 1.807) is 0 Å². The molecule has 0 bridgehead atoms. The van der Waals surface area contributed by atoms with Crippen LogP contribution in [0.3, 0.4) is 0 Å². The van der Waals surface area contributed by atoms with E-state index in [1.165, 1.54) is 0 Å². The van der Waals surface area contributed by atoms with Gasteiger partial charge in [-0.3, -0.25) is 9.69 Å². The van der Waals surface area contributed by atoms with E-state index in [0.717, 1.165) is 32.2 Å². The highest BCUT2D eigenvalue weighted by molar-refractivity contribution is 5.74. The average molecular weight is 199 g/mol. The van der Waals surface area contributed by atoms with Gasteiger partial charge in [0.2, 0.25) is 0 Å². The Hall–Kier alpha value is -0.610. The van der Waals surface area contributed by atoms with Crippen molar-refractivity contribution in [3.8, 4) is 0 Å². The minimum absolute atomic E-state index is 0.329. The monoisotopic (exact) mass is 199 g/mol. The summed E-state index contributed by atoms with van der Waals surface area (Å²) >= 11 is 0. The topological polar surface area (TPSA) is 60.8 Å². The second kappa shape index (κ2) is 3.87. The van der Waals surface area contributed by atoms with Crippen molar-refractivity contribution in [2.24, 2.45) is 5.92 Å². The van der Waals surface area contributed by atoms with Crippen molar-refractivity contribution in [3.05, 3.63) is 0 Å². The number of carboxylic acid groups (broad SMARTS) is 1. The molecule has 80 valence electrons. The van der Waals surface area contributed by atoms with Gasteiger partial charge in [-0.1, -0.05) is 0 Å². The Kier molecular flexibility index (Phi) is 2.74. The zero-order chi connectivity index (χ0) is 10.1. The predicted molar refractivity (Wildman–Crippen MR) is 51.0 cm³/mol. The first kappa shape index (κ1) is 9.93. The molecule has 4 heteroatoms. The molecule has 2 N–H and O–H groups in total. The highest BCUT2D eigenvalue weighted by Gasteiger charge is 2.41. The molecular formula is C10H17NO3. The van der Waals surface area contributed by atoms with Gasteiger partial charge in [0.1, 0.15) is 6.04 Å². The number of hydrogen-bond acceptors (Lipinski definition) is 3. The summed E-state index contributed by atoms with van der Waals surface area (Å²) in [6, 6.07) is -0.343. The van der Waals surface area contributed by atoms with Crippen LogP contribution in [-0.2, 0) is 4.79 Å². The molecule has 1 saturated carbocycles. The highest BCUT2D eigenvalue weighted by Crippen LogP contribution is 2.36. The first-order valence-electron chi connectivity index (χ1n) is 5.33. The Morgan fingerprint density at radius 2 is 2.07 bits per heavy atom. The van der Waals surface area contributed by atoms with E-state index in [4.69, 9.17) is 5.11 Å². The fourth-order valence-electron chi connectivity index (χ4n) is 2.30. The molecule has 2 rings (SSSR count). The molecule has 0 amide bonds. The average Bonchev–Trinajstić information content (AvgIpc) is 2.88. The third-order valence-electron chi connectivity index (χ3n) is 3.14. The maximum Gasteiger partial charge on any atom is 0.321 e. The van der Waals surface area contributed by atoms with Gasteiger partial charge >= 0.3 is 5.97 Å². The van der Waals surface area contributed by atoms with Crippen LogP contribution in [0.1, 0.15) is 25.7 Å². The number of likely N-dealkylation sites (tertiary alicyclic amines) is 1. The van der Waals surface area contributed by atoms with Crippen LogP contribution in [-0.4, -0.2) is 46.3 Å². The quantitative estimate of drug-likeness (QED) is 0.686. The van der Waals surface area contributed by atoms with E-state index in [9.17, 15) is 9.90 Å². The van der Waals surface area contributed by atoms with Crippen LogP contribution >= 0.6 is 0 Å². The number of nitrogens with zero attached hydrogens (tertiary/aromatic N) is 1. The number of aliphatic carboxylic acids is 1. The fraction of sp³-hybridized carbons (Fsp3) is 0.900. The third kappa shape index (κ3) is 2.07. The molecule has 1 saturated heterocycles. The van der Waals surface area contributed by atoms with E-state index in [2.05, 4.69) is 0 Å². The van der Waals surface area contributed by atoms with E-state index in [-0.39, 0.29) is 12.1 Å². The van der Waals surface area contributed by atoms with Gasteiger partial charge in [-0.15, -0.1) is 0 Å². The van der Waals surface area contributed by atoms with Crippen LogP contribution in [0.5, 0.6) is 0 Å². The lowest BCUT2D eigenvalue weighted by atomic mass is 10.0. The Balaban J connectivity index is 1.98. The van der Waals surface area contributed by atoms with Gasteiger partial charge in [0.15, 0.2) is 0 Å². The summed E-state index contributed by atoms with van der Waals surface area (Å²) in [6.45, 7) is 1.36. The summed E-state index contributed by atoms with van der Waals surface area (Å²) < 4.78 is 0. The van der Waals surface area contributed by atoms with Gasteiger partial charge in [0.05, 0.1) is 6.10 Å². The molecule has 1 aliphatic carbocycles. The van der Waals surface area contributed by atoms with Crippen LogP contribution in [0.25, 0.3) is 0 Å². The normalized spacial score (nSPS) is 31.4. The van der Waals surface area contributed by atoms with E-state index in [1.807, 2.05) is 4.90 Å². The molecular weight excluding hydrogens is 182 g/mol. The van der Waals surface area contributed by atoms with Crippen molar-refractivity contribution in [2.45, 2.75) is 37.8 Å². The number of piperidine rings is 1. The number of aliphatic hydroxyl groups excluding tert-OH is 1. The van der Waals surface area contributed by atoms with Crippen molar-refractivity contribution >= 4 is 5.97 Å². The maximum absolute atomic E-state index is 11.1. The van der Waals surface area contributed by atoms with Crippen LogP contribution in [0.4, 0.5) is 0 Å². The minimum Gasteiger partial charge on any atom is -0.480 e. The third-order valence-corrected chi connectivity index (χ3v) is 3.14. The molecule has 0 spiro atoms. The zero-order valence-corrected chi connectivity index (χ0v) is 8.22. The van der Waals surface area contributed by atoms with Gasteiger partial charge in [0.25, 0.3) is 0 Å². The number of aliphatic hydroxyl groups is 1. The number of rotatable bonds is 3. The molecule has 14 heavy (non-hydrogen) atoms. The lowest BCUT2D eigenvalue weighted by Crippen LogP contribution is -2.49. The second-order valence-electron chi connectivity index (χ2n) is 4.41. The molecule has 0 aromatic carbocycles. The minimum atomic E-state index is -0.721. The van der Waals surface area contributed by atoms with E-state index < -0.39 is 5.97 Å². The summed E-state index contributed by atoms with van der Waals surface area (Å²) in [7, 11) is 0. The number of β-amino-alcohol motifs (C(OH)–C–C–N with tert-alkyl or cyclic N) is 1.